The second kappa shape index (κ2) is 8.19. The van der Waals surface area contributed by atoms with E-state index in [1.807, 2.05) is 18.2 Å². The van der Waals surface area contributed by atoms with Crippen molar-refractivity contribution in [2.45, 2.75) is 44.6 Å². The fraction of sp³-hybridized carbons (Fsp3) is 0.375. The maximum absolute atomic E-state index is 12.7. The highest BCUT2D eigenvalue weighted by Crippen LogP contribution is 2.38. The number of ether oxygens (including phenoxy) is 2. The summed E-state index contributed by atoms with van der Waals surface area (Å²) in [4.78, 5) is 16.2. The number of aromatic amines is 1. The predicted octanol–water partition coefficient (Wildman–Crippen LogP) is 4.55. The molecule has 0 saturated heterocycles. The average molecular weight is 392 g/mol. The van der Waals surface area contributed by atoms with Crippen LogP contribution in [0.5, 0.6) is 11.5 Å². The summed E-state index contributed by atoms with van der Waals surface area (Å²) in [6.07, 6.45) is 5.57. The quantitative estimate of drug-likeness (QED) is 0.591. The minimum absolute atomic E-state index is 0.0746. The molecule has 2 N–H and O–H groups in total. The molecule has 0 radical (unpaired) electrons. The molecular weight excluding hydrogens is 364 g/mol. The predicted molar refractivity (Wildman–Crippen MR) is 115 cm³/mol. The fourth-order valence-electron chi connectivity index (χ4n) is 4.00. The van der Waals surface area contributed by atoms with Crippen molar-refractivity contribution >= 4 is 16.8 Å². The van der Waals surface area contributed by atoms with Gasteiger partial charge in [-0.2, -0.15) is 0 Å². The normalized spacial score (nSPS) is 14.6. The Kier molecular flexibility index (Phi) is 5.47. The summed E-state index contributed by atoms with van der Waals surface area (Å²) in [7, 11) is 3.26. The molecule has 0 aliphatic heterocycles. The largest absolute Gasteiger partial charge is 0.493 e. The molecule has 1 heterocycles. The zero-order valence-corrected chi connectivity index (χ0v) is 17.2. The number of hydrogen-bond donors (Lipinski definition) is 2. The van der Waals surface area contributed by atoms with Crippen molar-refractivity contribution in [3.8, 4) is 11.5 Å². The Hall–Kier alpha value is -2.95. The third-order valence-corrected chi connectivity index (χ3v) is 5.73. The van der Waals surface area contributed by atoms with Gasteiger partial charge in [0.05, 0.1) is 14.2 Å². The van der Waals surface area contributed by atoms with E-state index in [-0.39, 0.29) is 11.8 Å². The van der Waals surface area contributed by atoms with Gasteiger partial charge in [-0.15, -0.1) is 0 Å². The van der Waals surface area contributed by atoms with Crippen molar-refractivity contribution in [3.63, 3.8) is 0 Å². The molecule has 29 heavy (non-hydrogen) atoms. The average Bonchev–Trinajstić information content (AvgIpc) is 3.46. The first kappa shape index (κ1) is 19.4. The summed E-state index contributed by atoms with van der Waals surface area (Å²) in [5.41, 5.74) is 4.60. The van der Waals surface area contributed by atoms with E-state index in [1.54, 1.807) is 14.2 Å². The Morgan fingerprint density at radius 3 is 2.66 bits per heavy atom. The summed E-state index contributed by atoms with van der Waals surface area (Å²) in [5.74, 6) is 1.37. The summed E-state index contributed by atoms with van der Waals surface area (Å²) in [6.45, 7) is 2.16. The smallest absolute Gasteiger partial charge is 0.221 e. The molecule has 1 amide bonds. The van der Waals surface area contributed by atoms with Crippen LogP contribution in [0.4, 0.5) is 0 Å². The molecule has 5 heteroatoms. The zero-order chi connectivity index (χ0) is 20.4. The van der Waals surface area contributed by atoms with E-state index in [0.29, 0.717) is 24.0 Å². The maximum atomic E-state index is 12.7. The van der Waals surface area contributed by atoms with Crippen molar-refractivity contribution in [2.75, 3.05) is 14.2 Å². The van der Waals surface area contributed by atoms with E-state index in [2.05, 4.69) is 41.6 Å². The first-order valence-corrected chi connectivity index (χ1v) is 10.2. The Bertz CT molecular complexity index is 1020. The molecule has 3 aromatic rings. The number of aryl methyl sites for hydroxylation is 1. The molecule has 5 nitrogen and oxygen atoms in total. The Labute approximate surface area is 171 Å². The molecule has 1 atom stereocenters. The number of carbonyl (C=O) groups excluding carboxylic acids is 1. The number of fused-ring (bicyclic) bond motifs is 1. The van der Waals surface area contributed by atoms with Crippen LogP contribution in [0.1, 0.15) is 48.8 Å². The van der Waals surface area contributed by atoms with E-state index in [4.69, 9.17) is 9.47 Å². The van der Waals surface area contributed by atoms with E-state index in [9.17, 15) is 4.79 Å². The van der Waals surface area contributed by atoms with Gasteiger partial charge in [0.1, 0.15) is 0 Å². The highest BCUT2D eigenvalue weighted by molar-refractivity contribution is 5.88. The summed E-state index contributed by atoms with van der Waals surface area (Å²) >= 11 is 0. The number of para-hydroxylation sites is 1. The van der Waals surface area contributed by atoms with Crippen LogP contribution in [0.2, 0.25) is 0 Å². The lowest BCUT2D eigenvalue weighted by Crippen LogP contribution is -2.27. The lowest BCUT2D eigenvalue weighted by Gasteiger charge is -2.19. The zero-order valence-electron chi connectivity index (χ0n) is 17.2. The number of nitrogens with one attached hydrogen (secondary N) is 2. The molecule has 0 unspecified atom stereocenters. The third kappa shape index (κ3) is 3.95. The van der Waals surface area contributed by atoms with Gasteiger partial charge < -0.3 is 19.8 Å². The number of aromatic nitrogens is 1. The van der Waals surface area contributed by atoms with Crippen molar-refractivity contribution < 1.29 is 14.3 Å². The number of methoxy groups -OCH3 is 2. The van der Waals surface area contributed by atoms with Gasteiger partial charge in [-0.05, 0) is 48.1 Å². The number of H-pyrrole nitrogens is 1. The molecule has 152 valence electrons. The van der Waals surface area contributed by atoms with Gasteiger partial charge in [0.15, 0.2) is 11.5 Å². The lowest BCUT2D eigenvalue weighted by atomic mass is 9.87. The monoisotopic (exact) mass is 392 g/mol. The highest BCUT2D eigenvalue weighted by atomic mass is 16.5. The standard InChI is InChI=1S/C24H28N2O3/c1-4-15-6-5-7-18-20(14-25-24(15)18)19(13-23(27)26-17-9-10-17)16-8-11-21(28-2)22(12-16)29-3/h5-8,11-12,14,17,19,25H,4,9-10,13H2,1-3H3,(H,26,27)/t19-/m1/s1. The number of hydrogen-bond acceptors (Lipinski definition) is 3. The summed E-state index contributed by atoms with van der Waals surface area (Å²) < 4.78 is 10.9. The second-order valence-electron chi connectivity index (χ2n) is 7.65. The SMILES string of the molecule is CCc1cccc2c([C@H](CC(=O)NC3CC3)c3ccc(OC)c(OC)c3)c[nH]c12. The Morgan fingerprint density at radius 2 is 1.97 bits per heavy atom. The minimum Gasteiger partial charge on any atom is -0.493 e. The molecule has 0 bridgehead atoms. The molecule has 0 spiro atoms. The van der Waals surface area contributed by atoms with E-state index >= 15 is 0 Å². The van der Waals surface area contributed by atoms with Gasteiger partial charge >= 0.3 is 0 Å². The highest BCUT2D eigenvalue weighted by Gasteiger charge is 2.27. The topological polar surface area (TPSA) is 63.4 Å². The van der Waals surface area contributed by atoms with E-state index < -0.39 is 0 Å². The van der Waals surface area contributed by atoms with Crippen molar-refractivity contribution in [1.29, 1.82) is 0 Å². The van der Waals surface area contributed by atoms with Crippen molar-refractivity contribution in [2.24, 2.45) is 0 Å². The van der Waals surface area contributed by atoms with Crippen LogP contribution in [-0.4, -0.2) is 31.2 Å². The molecule has 2 aromatic carbocycles. The van der Waals surface area contributed by atoms with Crippen molar-refractivity contribution in [3.05, 3.63) is 59.3 Å². The fourth-order valence-corrected chi connectivity index (χ4v) is 4.00. The van der Waals surface area contributed by atoms with Crippen LogP contribution in [0.15, 0.2) is 42.6 Å². The van der Waals surface area contributed by atoms with Gasteiger partial charge in [-0.3, -0.25) is 4.79 Å². The Morgan fingerprint density at radius 1 is 1.17 bits per heavy atom. The van der Waals surface area contributed by atoms with Crippen LogP contribution in [0, 0.1) is 0 Å². The molecule has 1 aliphatic rings. The maximum Gasteiger partial charge on any atom is 0.221 e. The summed E-state index contributed by atoms with van der Waals surface area (Å²) in [6, 6.07) is 12.6. The second-order valence-corrected chi connectivity index (χ2v) is 7.65. The van der Waals surface area contributed by atoms with Crippen LogP contribution in [0.3, 0.4) is 0 Å². The van der Waals surface area contributed by atoms with Gasteiger partial charge in [0, 0.05) is 35.5 Å². The number of carbonyl (C=O) groups is 1. The van der Waals surface area contributed by atoms with Gasteiger partial charge in [0.2, 0.25) is 5.91 Å². The van der Waals surface area contributed by atoms with Gasteiger partial charge in [0.25, 0.3) is 0 Å². The molecule has 1 aliphatic carbocycles. The lowest BCUT2D eigenvalue weighted by molar-refractivity contribution is -0.121. The van der Waals surface area contributed by atoms with Crippen LogP contribution in [0.25, 0.3) is 10.9 Å². The molecular formula is C24H28N2O3. The molecule has 1 saturated carbocycles. The van der Waals surface area contributed by atoms with Gasteiger partial charge in [-0.25, -0.2) is 0 Å². The van der Waals surface area contributed by atoms with E-state index in [0.717, 1.165) is 35.9 Å². The number of benzene rings is 2. The first-order valence-electron chi connectivity index (χ1n) is 10.2. The Balaban J connectivity index is 1.77. The van der Waals surface area contributed by atoms with Gasteiger partial charge in [-0.1, -0.05) is 31.2 Å². The van der Waals surface area contributed by atoms with Crippen LogP contribution in [-0.2, 0) is 11.2 Å². The minimum atomic E-state index is -0.0746. The third-order valence-electron chi connectivity index (χ3n) is 5.73. The number of amides is 1. The first-order chi connectivity index (χ1) is 14.1. The van der Waals surface area contributed by atoms with Crippen LogP contribution < -0.4 is 14.8 Å². The molecule has 1 aromatic heterocycles. The molecule has 4 rings (SSSR count). The van der Waals surface area contributed by atoms with Crippen molar-refractivity contribution in [1.82, 2.24) is 10.3 Å². The van der Waals surface area contributed by atoms with E-state index in [1.165, 1.54) is 10.9 Å². The van der Waals surface area contributed by atoms with Crippen LogP contribution >= 0.6 is 0 Å². The number of rotatable bonds is 8. The molecule has 1 fully saturated rings. The summed E-state index contributed by atoms with van der Waals surface area (Å²) in [5, 5.41) is 4.30.